The van der Waals surface area contributed by atoms with E-state index in [0.717, 1.165) is 0 Å². The Kier molecular flexibility index (Phi) is 3.26. The highest BCUT2D eigenvalue weighted by molar-refractivity contribution is 5.93. The van der Waals surface area contributed by atoms with E-state index >= 15 is 0 Å². The van der Waals surface area contributed by atoms with Gasteiger partial charge in [-0.15, -0.1) is 0 Å². The largest absolute Gasteiger partial charge is 0.345 e. The van der Waals surface area contributed by atoms with Gasteiger partial charge in [-0.05, 0) is 12.1 Å². The lowest BCUT2D eigenvalue weighted by Crippen LogP contribution is -2.23. The van der Waals surface area contributed by atoms with Gasteiger partial charge < -0.3 is 10.7 Å². The Bertz CT molecular complexity index is 479. The number of pyridine rings is 1. The van der Waals surface area contributed by atoms with Gasteiger partial charge in [-0.1, -0.05) is 0 Å². The zero-order chi connectivity index (χ0) is 12.1. The smallest absolute Gasteiger partial charge is 0.253 e. The van der Waals surface area contributed by atoms with Gasteiger partial charge in [-0.2, -0.15) is 5.10 Å². The van der Waals surface area contributed by atoms with Gasteiger partial charge in [-0.25, -0.2) is 15.8 Å². The highest BCUT2D eigenvalue weighted by Gasteiger charge is 2.06. The lowest BCUT2D eigenvalue weighted by Gasteiger charge is -2.03. The highest BCUT2D eigenvalue weighted by atomic mass is 16.1. The number of nitrogens with two attached hydrogens (primary N) is 1. The van der Waals surface area contributed by atoms with Crippen LogP contribution in [-0.2, 0) is 6.54 Å². The Labute approximate surface area is 96.6 Å². The van der Waals surface area contributed by atoms with Crippen LogP contribution in [0.3, 0.4) is 0 Å². The summed E-state index contributed by atoms with van der Waals surface area (Å²) in [6, 6.07) is 3.24. The molecule has 2 rings (SSSR count). The molecule has 2 aromatic rings. The number of hydrazine groups is 1. The number of aromatic nitrogens is 4. The molecule has 8 nitrogen and oxygen atoms in total. The first-order valence-electron chi connectivity index (χ1n) is 4.84. The predicted molar refractivity (Wildman–Crippen MR) is 59.6 cm³/mol. The number of carbonyl (C=O) groups is 1. The molecule has 2 heterocycles. The summed E-state index contributed by atoms with van der Waals surface area (Å²) in [5, 5.41) is 8.99. The van der Waals surface area contributed by atoms with Gasteiger partial charge in [-0.3, -0.25) is 9.89 Å². The van der Waals surface area contributed by atoms with Gasteiger partial charge in [0.1, 0.15) is 18.0 Å². The van der Waals surface area contributed by atoms with Crippen LogP contribution in [0, 0.1) is 0 Å². The van der Waals surface area contributed by atoms with Gasteiger partial charge in [0.05, 0.1) is 12.1 Å². The van der Waals surface area contributed by atoms with E-state index in [0.29, 0.717) is 17.2 Å². The number of nitrogens with zero attached hydrogens (tertiary/aromatic N) is 3. The molecule has 0 radical (unpaired) electrons. The zero-order valence-corrected chi connectivity index (χ0v) is 8.84. The van der Waals surface area contributed by atoms with Crippen molar-refractivity contribution in [1.82, 2.24) is 25.5 Å². The fraction of sp³-hybridized carbons (Fsp3) is 0.111. The molecule has 0 spiro atoms. The molecule has 0 aliphatic carbocycles. The molecule has 1 amide bonds. The van der Waals surface area contributed by atoms with E-state index < -0.39 is 0 Å². The Morgan fingerprint density at radius 2 is 2.29 bits per heavy atom. The molecule has 0 saturated heterocycles. The van der Waals surface area contributed by atoms with Crippen molar-refractivity contribution in [2.24, 2.45) is 5.84 Å². The summed E-state index contributed by atoms with van der Waals surface area (Å²) >= 11 is 0. The lowest BCUT2D eigenvalue weighted by atomic mass is 10.2. The summed E-state index contributed by atoms with van der Waals surface area (Å²) in [5.74, 6) is 6.01. The van der Waals surface area contributed by atoms with Crippen molar-refractivity contribution in [1.29, 1.82) is 0 Å². The molecule has 2 aromatic heterocycles. The van der Waals surface area contributed by atoms with E-state index in [1.807, 2.05) is 0 Å². The van der Waals surface area contributed by atoms with E-state index in [2.05, 4.69) is 30.9 Å². The zero-order valence-electron chi connectivity index (χ0n) is 8.84. The Morgan fingerprint density at radius 3 is 2.88 bits per heavy atom. The number of amides is 1. The van der Waals surface area contributed by atoms with Crippen molar-refractivity contribution in [2.45, 2.75) is 6.54 Å². The summed E-state index contributed by atoms with van der Waals surface area (Å²) in [4.78, 5) is 19.5. The molecule has 0 aromatic carbocycles. The number of rotatable bonds is 4. The third-order valence-corrected chi connectivity index (χ3v) is 2.05. The van der Waals surface area contributed by atoms with Gasteiger partial charge in [0.15, 0.2) is 0 Å². The van der Waals surface area contributed by atoms with E-state index in [9.17, 15) is 4.79 Å². The minimum Gasteiger partial charge on any atom is -0.345 e. The molecule has 0 atom stereocenters. The van der Waals surface area contributed by atoms with Crippen molar-refractivity contribution in [2.75, 3.05) is 5.43 Å². The number of nitrogens with one attached hydrogen (secondary N) is 3. The number of H-pyrrole nitrogens is 1. The number of aromatic amines is 1. The van der Waals surface area contributed by atoms with Crippen molar-refractivity contribution in [3.05, 3.63) is 36.0 Å². The number of anilines is 1. The van der Waals surface area contributed by atoms with Crippen LogP contribution >= 0.6 is 0 Å². The quantitative estimate of drug-likeness (QED) is 0.414. The molecule has 17 heavy (non-hydrogen) atoms. The first-order valence-corrected chi connectivity index (χ1v) is 4.84. The molecule has 5 N–H and O–H groups in total. The number of nitrogen functional groups attached to an aromatic ring is 1. The molecule has 0 aliphatic heterocycles. The number of hydrogen-bond donors (Lipinski definition) is 4. The third kappa shape index (κ3) is 2.75. The van der Waals surface area contributed by atoms with E-state index in [4.69, 9.17) is 5.84 Å². The van der Waals surface area contributed by atoms with E-state index in [-0.39, 0.29) is 12.5 Å². The highest BCUT2D eigenvalue weighted by Crippen LogP contribution is 2.03. The maximum Gasteiger partial charge on any atom is 0.253 e. The van der Waals surface area contributed by atoms with Crippen LogP contribution in [0.4, 0.5) is 5.82 Å². The SMILES string of the molecule is NNc1ccc(C(=O)NCc2ncn[nH]2)cn1. The van der Waals surface area contributed by atoms with Crippen LogP contribution in [0.2, 0.25) is 0 Å². The molecular formula is C9H11N7O. The fourth-order valence-electron chi connectivity index (χ4n) is 1.20. The minimum absolute atomic E-state index is 0.238. The van der Waals surface area contributed by atoms with Crippen LogP contribution in [0.25, 0.3) is 0 Å². The summed E-state index contributed by atoms with van der Waals surface area (Å²) in [7, 11) is 0. The molecule has 0 bridgehead atoms. The van der Waals surface area contributed by atoms with Gasteiger partial charge in [0.25, 0.3) is 5.91 Å². The predicted octanol–water partition coefficient (Wildman–Crippen LogP) is -0.585. The maximum atomic E-state index is 11.7. The van der Waals surface area contributed by atoms with Gasteiger partial charge in [0, 0.05) is 6.20 Å². The Balaban J connectivity index is 1.95. The normalized spacial score (nSPS) is 9.94. The van der Waals surface area contributed by atoms with E-state index in [1.165, 1.54) is 12.5 Å². The molecular weight excluding hydrogens is 222 g/mol. The van der Waals surface area contributed by atoms with Crippen molar-refractivity contribution < 1.29 is 4.79 Å². The number of carbonyl (C=O) groups excluding carboxylic acids is 1. The second-order valence-corrected chi connectivity index (χ2v) is 3.19. The second kappa shape index (κ2) is 5.03. The summed E-state index contributed by atoms with van der Waals surface area (Å²) < 4.78 is 0. The van der Waals surface area contributed by atoms with Crippen LogP contribution in [0.1, 0.15) is 16.2 Å². The van der Waals surface area contributed by atoms with Crippen molar-refractivity contribution in [3.8, 4) is 0 Å². The first kappa shape index (κ1) is 11.0. The molecule has 0 saturated carbocycles. The van der Waals surface area contributed by atoms with Gasteiger partial charge >= 0.3 is 0 Å². The van der Waals surface area contributed by atoms with Crippen LogP contribution in [0.5, 0.6) is 0 Å². The van der Waals surface area contributed by atoms with Crippen LogP contribution in [-0.4, -0.2) is 26.1 Å². The van der Waals surface area contributed by atoms with Crippen LogP contribution in [0.15, 0.2) is 24.7 Å². The maximum absolute atomic E-state index is 11.7. The topological polar surface area (TPSA) is 122 Å². The van der Waals surface area contributed by atoms with E-state index in [1.54, 1.807) is 12.1 Å². The summed E-state index contributed by atoms with van der Waals surface area (Å²) in [6.07, 6.45) is 2.82. The fourth-order valence-corrected chi connectivity index (χ4v) is 1.20. The monoisotopic (exact) mass is 233 g/mol. The summed E-state index contributed by atoms with van der Waals surface area (Å²) in [6.45, 7) is 0.287. The van der Waals surface area contributed by atoms with Gasteiger partial charge in [0.2, 0.25) is 0 Å². The number of hydrogen-bond acceptors (Lipinski definition) is 6. The third-order valence-electron chi connectivity index (χ3n) is 2.05. The Morgan fingerprint density at radius 1 is 1.41 bits per heavy atom. The standard InChI is InChI=1S/C9H11N7O/c10-15-7-2-1-6(3-11-7)9(17)12-4-8-13-5-14-16-8/h1-3,5H,4,10H2,(H,11,15)(H,12,17)(H,13,14,16). The first-order chi connectivity index (χ1) is 8.29. The molecule has 0 aliphatic rings. The average molecular weight is 233 g/mol. The minimum atomic E-state index is -0.238. The average Bonchev–Trinajstić information content (AvgIpc) is 2.89. The molecule has 0 fully saturated rings. The second-order valence-electron chi connectivity index (χ2n) is 3.19. The molecule has 88 valence electrons. The molecule has 8 heteroatoms. The molecule has 0 unspecified atom stereocenters. The van der Waals surface area contributed by atoms with Crippen LogP contribution < -0.4 is 16.6 Å². The van der Waals surface area contributed by atoms with Crippen molar-refractivity contribution in [3.63, 3.8) is 0 Å². The lowest BCUT2D eigenvalue weighted by molar-refractivity contribution is 0.0949. The van der Waals surface area contributed by atoms with Crippen molar-refractivity contribution >= 4 is 11.7 Å². The summed E-state index contributed by atoms with van der Waals surface area (Å²) in [5.41, 5.74) is 2.83. The Hall–Kier alpha value is -2.48.